The zero-order valence-electron chi connectivity index (χ0n) is 16.4. The fourth-order valence-electron chi connectivity index (χ4n) is 3.32. The minimum absolute atomic E-state index is 0.00508. The van der Waals surface area contributed by atoms with Gasteiger partial charge in [0.15, 0.2) is 5.82 Å². The van der Waals surface area contributed by atoms with Crippen molar-refractivity contribution in [1.82, 2.24) is 10.1 Å². The van der Waals surface area contributed by atoms with Gasteiger partial charge >= 0.3 is 0 Å². The Morgan fingerprint density at radius 2 is 2.11 bits per heavy atom. The lowest BCUT2D eigenvalue weighted by Gasteiger charge is -2.22. The molecule has 1 saturated carbocycles. The average molecular weight is 385 g/mol. The Morgan fingerprint density at radius 3 is 2.79 bits per heavy atom. The van der Waals surface area contributed by atoms with Gasteiger partial charge in [0.2, 0.25) is 11.8 Å². The third-order valence-electron chi connectivity index (χ3n) is 4.80. The number of nitrogens with one attached hydrogen (secondary N) is 1. The summed E-state index contributed by atoms with van der Waals surface area (Å²) in [7, 11) is 0. The van der Waals surface area contributed by atoms with Crippen molar-refractivity contribution in [2.75, 3.05) is 31.6 Å². The molecule has 2 amide bonds. The number of aromatic nitrogens is 1. The van der Waals surface area contributed by atoms with Crippen LogP contribution < -0.4 is 5.32 Å². The Kier molecular flexibility index (Phi) is 6.81. The summed E-state index contributed by atoms with van der Waals surface area (Å²) in [6, 6.07) is 11.7. The van der Waals surface area contributed by atoms with Gasteiger partial charge < -0.3 is 19.5 Å². The molecule has 2 atom stereocenters. The van der Waals surface area contributed by atoms with Crippen LogP contribution in [0.5, 0.6) is 0 Å². The number of carbonyl (C=O) groups is 2. The van der Waals surface area contributed by atoms with E-state index in [1.54, 1.807) is 17.9 Å². The van der Waals surface area contributed by atoms with E-state index in [9.17, 15) is 9.59 Å². The maximum Gasteiger partial charge on any atom is 0.245 e. The van der Waals surface area contributed by atoms with Gasteiger partial charge in [-0.05, 0) is 38.2 Å². The maximum atomic E-state index is 13.0. The molecule has 2 unspecified atom stereocenters. The van der Waals surface area contributed by atoms with Gasteiger partial charge in [-0.2, -0.15) is 0 Å². The van der Waals surface area contributed by atoms with Crippen LogP contribution >= 0.6 is 0 Å². The molecule has 7 nitrogen and oxygen atoms in total. The monoisotopic (exact) mass is 385 g/mol. The second-order valence-corrected chi connectivity index (χ2v) is 7.04. The van der Waals surface area contributed by atoms with E-state index in [2.05, 4.69) is 22.6 Å². The van der Waals surface area contributed by atoms with Crippen molar-refractivity contribution in [3.05, 3.63) is 47.7 Å². The number of carbonyl (C=O) groups excluding carboxylic acids is 2. The van der Waals surface area contributed by atoms with Gasteiger partial charge in [0.1, 0.15) is 5.76 Å². The van der Waals surface area contributed by atoms with Crippen molar-refractivity contribution in [1.29, 1.82) is 0 Å². The van der Waals surface area contributed by atoms with Gasteiger partial charge in [-0.25, -0.2) is 0 Å². The van der Waals surface area contributed by atoms with Crippen LogP contribution in [0.1, 0.15) is 37.0 Å². The molecule has 2 aromatic rings. The van der Waals surface area contributed by atoms with Gasteiger partial charge in [-0.15, -0.1) is 0 Å². The maximum absolute atomic E-state index is 13.0. The van der Waals surface area contributed by atoms with Gasteiger partial charge in [0.25, 0.3) is 0 Å². The highest BCUT2D eigenvalue weighted by Gasteiger charge is 2.45. The first-order valence-electron chi connectivity index (χ1n) is 9.73. The summed E-state index contributed by atoms with van der Waals surface area (Å²) in [5.41, 5.74) is 1.18. The Balaban J connectivity index is 1.59. The fraction of sp³-hybridized carbons (Fsp3) is 0.476. The third kappa shape index (κ3) is 5.42. The fourth-order valence-corrected chi connectivity index (χ4v) is 3.32. The van der Waals surface area contributed by atoms with Crippen molar-refractivity contribution in [3.63, 3.8) is 0 Å². The van der Waals surface area contributed by atoms with E-state index < -0.39 is 0 Å². The summed E-state index contributed by atoms with van der Waals surface area (Å²) in [6.07, 6.45) is 1.52. The van der Waals surface area contributed by atoms with Crippen LogP contribution in [-0.4, -0.2) is 48.2 Å². The summed E-state index contributed by atoms with van der Waals surface area (Å²) < 4.78 is 10.3. The molecule has 1 aliphatic carbocycles. The van der Waals surface area contributed by atoms with Crippen molar-refractivity contribution in [2.24, 2.45) is 5.92 Å². The highest BCUT2D eigenvalue weighted by Crippen LogP contribution is 2.48. The van der Waals surface area contributed by atoms with E-state index in [-0.39, 0.29) is 30.2 Å². The molecular formula is C21H27N3O4. The van der Waals surface area contributed by atoms with Crippen molar-refractivity contribution >= 4 is 17.6 Å². The molecule has 1 fully saturated rings. The largest absolute Gasteiger partial charge is 0.382 e. The molecule has 1 aromatic carbocycles. The van der Waals surface area contributed by atoms with Gasteiger partial charge in [0, 0.05) is 31.7 Å². The Hall–Kier alpha value is -2.67. The molecule has 0 saturated heterocycles. The lowest BCUT2D eigenvalue weighted by Crippen LogP contribution is -2.40. The van der Waals surface area contributed by atoms with Crippen LogP contribution in [-0.2, 0) is 14.3 Å². The molecule has 28 heavy (non-hydrogen) atoms. The molecule has 0 bridgehead atoms. The Bertz CT molecular complexity index is 790. The molecule has 1 heterocycles. The van der Waals surface area contributed by atoms with Crippen molar-refractivity contribution in [3.8, 4) is 0 Å². The van der Waals surface area contributed by atoms with E-state index in [1.165, 1.54) is 5.56 Å². The first-order chi connectivity index (χ1) is 13.6. The SMILES string of the molecule is CCOCCCN(CC(=O)Nc1cc(C)on1)C(=O)C1CC1c1ccccc1. The lowest BCUT2D eigenvalue weighted by molar-refractivity contribution is -0.136. The predicted molar refractivity (Wildman–Crippen MR) is 105 cm³/mol. The summed E-state index contributed by atoms with van der Waals surface area (Å²) in [6.45, 7) is 5.38. The van der Waals surface area contributed by atoms with Gasteiger partial charge in [-0.3, -0.25) is 9.59 Å². The number of anilines is 1. The number of nitrogens with zero attached hydrogens (tertiary/aromatic N) is 2. The van der Waals surface area contributed by atoms with E-state index in [4.69, 9.17) is 9.26 Å². The highest BCUT2D eigenvalue weighted by atomic mass is 16.5. The van der Waals surface area contributed by atoms with E-state index in [0.717, 1.165) is 6.42 Å². The molecule has 3 rings (SSSR count). The Labute approximate surface area is 165 Å². The Morgan fingerprint density at radius 1 is 1.32 bits per heavy atom. The van der Waals surface area contributed by atoms with E-state index in [0.29, 0.717) is 37.8 Å². The highest BCUT2D eigenvalue weighted by molar-refractivity contribution is 5.94. The smallest absolute Gasteiger partial charge is 0.245 e. The molecule has 0 spiro atoms. The summed E-state index contributed by atoms with van der Waals surface area (Å²) in [4.78, 5) is 27.1. The summed E-state index contributed by atoms with van der Waals surface area (Å²) in [5.74, 6) is 0.897. The van der Waals surface area contributed by atoms with Crippen molar-refractivity contribution in [2.45, 2.75) is 32.6 Å². The summed E-state index contributed by atoms with van der Waals surface area (Å²) in [5, 5.41) is 6.45. The van der Waals surface area contributed by atoms with Crippen LogP contribution in [0.3, 0.4) is 0 Å². The first kappa shape index (κ1) is 20.1. The number of hydrogen-bond donors (Lipinski definition) is 1. The van der Waals surface area contributed by atoms with E-state index in [1.807, 2.05) is 25.1 Å². The predicted octanol–water partition coefficient (Wildman–Crippen LogP) is 2.98. The number of amides is 2. The first-order valence-corrected chi connectivity index (χ1v) is 9.73. The minimum Gasteiger partial charge on any atom is -0.382 e. The van der Waals surface area contributed by atoms with Gasteiger partial charge in [-0.1, -0.05) is 35.5 Å². The number of hydrogen-bond acceptors (Lipinski definition) is 5. The molecule has 7 heteroatoms. The molecule has 0 radical (unpaired) electrons. The zero-order valence-corrected chi connectivity index (χ0v) is 16.4. The van der Waals surface area contributed by atoms with Crippen LogP contribution in [0.2, 0.25) is 0 Å². The standard InChI is InChI=1S/C21H27N3O4/c1-3-27-11-7-10-24(14-20(25)22-19-12-15(2)28-23-19)21(26)18-13-17(18)16-8-5-4-6-9-16/h4-6,8-9,12,17-18H,3,7,10-11,13-14H2,1-2H3,(H,22,23,25). The molecule has 1 aromatic heterocycles. The number of rotatable bonds is 10. The lowest BCUT2D eigenvalue weighted by atomic mass is 10.1. The molecule has 150 valence electrons. The second-order valence-electron chi connectivity index (χ2n) is 7.04. The minimum atomic E-state index is -0.282. The second kappa shape index (κ2) is 9.50. The van der Waals surface area contributed by atoms with Crippen LogP contribution in [0.25, 0.3) is 0 Å². The van der Waals surface area contributed by atoms with E-state index >= 15 is 0 Å². The number of ether oxygens (including phenoxy) is 1. The molecular weight excluding hydrogens is 358 g/mol. The zero-order chi connectivity index (χ0) is 19.9. The number of aryl methyl sites for hydroxylation is 1. The van der Waals surface area contributed by atoms with Crippen molar-refractivity contribution < 1.29 is 18.8 Å². The van der Waals surface area contributed by atoms with Crippen LogP contribution in [0, 0.1) is 12.8 Å². The quantitative estimate of drug-likeness (QED) is 0.636. The molecule has 1 N–H and O–H groups in total. The molecule has 1 aliphatic rings. The average Bonchev–Trinajstić information content (AvgIpc) is 3.40. The third-order valence-corrected chi connectivity index (χ3v) is 4.80. The summed E-state index contributed by atoms with van der Waals surface area (Å²) >= 11 is 0. The normalized spacial score (nSPS) is 17.9. The molecule has 0 aliphatic heterocycles. The topological polar surface area (TPSA) is 84.7 Å². The van der Waals surface area contributed by atoms with Crippen LogP contribution in [0.4, 0.5) is 5.82 Å². The van der Waals surface area contributed by atoms with Gasteiger partial charge in [0.05, 0.1) is 6.54 Å². The van der Waals surface area contributed by atoms with Crippen LogP contribution in [0.15, 0.2) is 40.9 Å². The number of benzene rings is 1.